The van der Waals surface area contributed by atoms with E-state index < -0.39 is 0 Å². The summed E-state index contributed by atoms with van der Waals surface area (Å²) in [5, 5.41) is 16.7. The number of aromatic nitrogens is 2. The van der Waals surface area contributed by atoms with E-state index in [1.807, 2.05) is 0 Å². The molecule has 2 rings (SSSR count). The molecule has 0 bridgehead atoms. The van der Waals surface area contributed by atoms with E-state index in [0.29, 0.717) is 17.1 Å². The van der Waals surface area contributed by atoms with Crippen LogP contribution in [0.3, 0.4) is 0 Å². The van der Waals surface area contributed by atoms with Crippen molar-refractivity contribution in [3.05, 3.63) is 35.7 Å². The third-order valence-electron chi connectivity index (χ3n) is 1.98. The number of aromatic hydroxyl groups is 1. The first-order valence-corrected chi connectivity index (χ1v) is 4.46. The maximum atomic E-state index is 9.42. The standard InChI is InChI=1S/C10H10N2O3/c1-7-8(12-15-11-7)6-14-10-5-3-2-4-9(10)13/h2-5,13H,6H2,1H3. The van der Waals surface area contributed by atoms with Crippen LogP contribution in [-0.4, -0.2) is 15.4 Å². The summed E-state index contributed by atoms with van der Waals surface area (Å²) in [6.07, 6.45) is 0. The maximum Gasteiger partial charge on any atom is 0.161 e. The van der Waals surface area contributed by atoms with E-state index in [9.17, 15) is 5.11 Å². The van der Waals surface area contributed by atoms with Gasteiger partial charge in [-0.3, -0.25) is 0 Å². The summed E-state index contributed by atoms with van der Waals surface area (Å²) in [5.41, 5.74) is 1.31. The Labute approximate surface area is 86.3 Å². The Hall–Kier alpha value is -2.04. The summed E-state index contributed by atoms with van der Waals surface area (Å²) in [7, 11) is 0. The SMILES string of the molecule is Cc1nonc1COc1ccccc1O. The molecular formula is C10H10N2O3. The fraction of sp³-hybridized carbons (Fsp3) is 0.200. The van der Waals surface area contributed by atoms with Crippen LogP contribution in [0.25, 0.3) is 0 Å². The summed E-state index contributed by atoms with van der Waals surface area (Å²) in [5.74, 6) is 0.520. The van der Waals surface area contributed by atoms with Gasteiger partial charge in [-0.15, -0.1) is 0 Å². The van der Waals surface area contributed by atoms with Gasteiger partial charge in [0, 0.05) is 0 Å². The Morgan fingerprint density at radius 2 is 2.13 bits per heavy atom. The summed E-state index contributed by atoms with van der Waals surface area (Å²) < 4.78 is 9.87. The Bertz CT molecular complexity index is 453. The molecule has 0 aliphatic carbocycles. The molecule has 0 spiro atoms. The van der Waals surface area contributed by atoms with Gasteiger partial charge in [0.1, 0.15) is 18.0 Å². The van der Waals surface area contributed by atoms with Crippen LogP contribution in [0.5, 0.6) is 11.5 Å². The molecular weight excluding hydrogens is 196 g/mol. The van der Waals surface area contributed by atoms with E-state index >= 15 is 0 Å². The molecule has 1 heterocycles. The van der Waals surface area contributed by atoms with Gasteiger partial charge in [0.05, 0.1) is 0 Å². The van der Waals surface area contributed by atoms with E-state index in [1.165, 1.54) is 0 Å². The predicted molar refractivity (Wildman–Crippen MR) is 51.5 cm³/mol. The first kappa shape index (κ1) is 9.51. The number of hydrogen-bond donors (Lipinski definition) is 1. The van der Waals surface area contributed by atoms with Gasteiger partial charge in [-0.05, 0) is 19.1 Å². The summed E-state index contributed by atoms with van der Waals surface area (Å²) in [6.45, 7) is 2.01. The van der Waals surface area contributed by atoms with Gasteiger partial charge in [0.2, 0.25) is 0 Å². The second kappa shape index (κ2) is 4.00. The highest BCUT2D eigenvalue weighted by Crippen LogP contribution is 2.25. The minimum absolute atomic E-state index is 0.103. The number of para-hydroxylation sites is 2. The zero-order chi connectivity index (χ0) is 10.7. The highest BCUT2D eigenvalue weighted by molar-refractivity contribution is 5.37. The predicted octanol–water partition coefficient (Wildman–Crippen LogP) is 1.66. The zero-order valence-electron chi connectivity index (χ0n) is 8.17. The summed E-state index contributed by atoms with van der Waals surface area (Å²) in [6, 6.07) is 6.75. The monoisotopic (exact) mass is 206 g/mol. The van der Waals surface area contributed by atoms with Gasteiger partial charge in [0.15, 0.2) is 11.5 Å². The van der Waals surface area contributed by atoms with Gasteiger partial charge in [-0.1, -0.05) is 22.4 Å². The second-order valence-corrected chi connectivity index (χ2v) is 3.05. The van der Waals surface area contributed by atoms with Crippen LogP contribution in [0.2, 0.25) is 0 Å². The average molecular weight is 206 g/mol. The van der Waals surface area contributed by atoms with Crippen LogP contribution in [-0.2, 0) is 6.61 Å². The van der Waals surface area contributed by atoms with Crippen molar-refractivity contribution < 1.29 is 14.5 Å². The fourth-order valence-electron chi connectivity index (χ4n) is 1.11. The van der Waals surface area contributed by atoms with Crippen LogP contribution in [0, 0.1) is 6.92 Å². The Kier molecular flexibility index (Phi) is 2.53. The van der Waals surface area contributed by atoms with Gasteiger partial charge >= 0.3 is 0 Å². The van der Waals surface area contributed by atoms with Crippen molar-refractivity contribution in [2.75, 3.05) is 0 Å². The molecule has 15 heavy (non-hydrogen) atoms. The second-order valence-electron chi connectivity index (χ2n) is 3.05. The third kappa shape index (κ3) is 2.07. The van der Waals surface area contributed by atoms with E-state index in [-0.39, 0.29) is 12.4 Å². The molecule has 0 saturated heterocycles. The number of hydrogen-bond acceptors (Lipinski definition) is 5. The fourth-order valence-corrected chi connectivity index (χ4v) is 1.11. The normalized spacial score (nSPS) is 10.2. The number of benzene rings is 1. The summed E-state index contributed by atoms with van der Waals surface area (Å²) >= 11 is 0. The Morgan fingerprint density at radius 1 is 1.33 bits per heavy atom. The molecule has 0 aliphatic rings. The van der Waals surface area contributed by atoms with Gasteiger partial charge in [-0.2, -0.15) is 0 Å². The van der Waals surface area contributed by atoms with Gasteiger partial charge in [-0.25, -0.2) is 4.63 Å². The lowest BCUT2D eigenvalue weighted by atomic mass is 10.3. The van der Waals surface area contributed by atoms with Crippen LogP contribution in [0.4, 0.5) is 0 Å². The van der Waals surface area contributed by atoms with Crippen LogP contribution in [0.15, 0.2) is 28.9 Å². The van der Waals surface area contributed by atoms with E-state index in [2.05, 4.69) is 14.9 Å². The van der Waals surface area contributed by atoms with E-state index in [1.54, 1.807) is 31.2 Å². The zero-order valence-corrected chi connectivity index (χ0v) is 8.17. The van der Waals surface area contributed by atoms with Crippen molar-refractivity contribution in [1.29, 1.82) is 0 Å². The molecule has 0 unspecified atom stereocenters. The molecule has 5 nitrogen and oxygen atoms in total. The van der Waals surface area contributed by atoms with Crippen LogP contribution >= 0.6 is 0 Å². The number of nitrogens with zero attached hydrogens (tertiary/aromatic N) is 2. The summed E-state index contributed by atoms with van der Waals surface area (Å²) in [4.78, 5) is 0. The molecule has 2 aromatic rings. The number of phenolic OH excluding ortho intramolecular Hbond substituents is 1. The number of rotatable bonds is 3. The van der Waals surface area contributed by atoms with Crippen molar-refractivity contribution in [2.24, 2.45) is 0 Å². The van der Waals surface area contributed by atoms with Crippen molar-refractivity contribution in [1.82, 2.24) is 10.3 Å². The first-order valence-electron chi connectivity index (χ1n) is 4.46. The van der Waals surface area contributed by atoms with E-state index in [0.717, 1.165) is 0 Å². The molecule has 0 aliphatic heterocycles. The van der Waals surface area contributed by atoms with Gasteiger partial charge in [0.25, 0.3) is 0 Å². The Balaban J connectivity index is 2.06. The largest absolute Gasteiger partial charge is 0.504 e. The molecule has 1 aromatic carbocycles. The highest BCUT2D eigenvalue weighted by atomic mass is 16.6. The quantitative estimate of drug-likeness (QED) is 0.827. The molecule has 5 heteroatoms. The van der Waals surface area contributed by atoms with Crippen LogP contribution in [0.1, 0.15) is 11.4 Å². The molecule has 0 saturated carbocycles. The topological polar surface area (TPSA) is 68.4 Å². The number of ether oxygens (including phenoxy) is 1. The van der Waals surface area contributed by atoms with Crippen molar-refractivity contribution in [3.63, 3.8) is 0 Å². The van der Waals surface area contributed by atoms with Crippen molar-refractivity contribution >= 4 is 0 Å². The Morgan fingerprint density at radius 3 is 2.80 bits per heavy atom. The van der Waals surface area contributed by atoms with Crippen molar-refractivity contribution in [2.45, 2.75) is 13.5 Å². The molecule has 0 amide bonds. The minimum atomic E-state index is 0.103. The molecule has 78 valence electrons. The lowest BCUT2D eigenvalue weighted by molar-refractivity contribution is 0.262. The minimum Gasteiger partial charge on any atom is -0.504 e. The lowest BCUT2D eigenvalue weighted by Gasteiger charge is -2.05. The maximum absolute atomic E-state index is 9.42. The number of phenols is 1. The molecule has 1 N–H and O–H groups in total. The molecule has 1 aromatic heterocycles. The van der Waals surface area contributed by atoms with Crippen LogP contribution < -0.4 is 4.74 Å². The molecule has 0 atom stereocenters. The highest BCUT2D eigenvalue weighted by Gasteiger charge is 2.07. The lowest BCUT2D eigenvalue weighted by Crippen LogP contribution is -1.97. The first-order chi connectivity index (χ1) is 7.27. The average Bonchev–Trinajstić information content (AvgIpc) is 2.63. The molecule has 0 fully saturated rings. The third-order valence-corrected chi connectivity index (χ3v) is 1.98. The molecule has 0 radical (unpaired) electrons. The number of aryl methyl sites for hydroxylation is 1. The van der Waals surface area contributed by atoms with Gasteiger partial charge < -0.3 is 9.84 Å². The van der Waals surface area contributed by atoms with Crippen molar-refractivity contribution in [3.8, 4) is 11.5 Å². The smallest absolute Gasteiger partial charge is 0.161 e. The van der Waals surface area contributed by atoms with E-state index in [4.69, 9.17) is 4.74 Å².